The van der Waals surface area contributed by atoms with Crippen LogP contribution in [0.25, 0.3) is 0 Å². The molecule has 0 saturated carbocycles. The Labute approximate surface area is 111 Å². The number of hydrogen-bond donors (Lipinski definition) is 1. The Hall–Kier alpha value is -0.800. The lowest BCUT2D eigenvalue weighted by atomic mass is 10.1. The number of aryl methyl sites for hydroxylation is 1. The van der Waals surface area contributed by atoms with Crippen LogP contribution in [0.3, 0.4) is 0 Å². The second-order valence-electron chi connectivity index (χ2n) is 5.43. The van der Waals surface area contributed by atoms with E-state index >= 15 is 0 Å². The summed E-state index contributed by atoms with van der Waals surface area (Å²) in [6, 6.07) is 2.88. The van der Waals surface area contributed by atoms with Crippen LogP contribution in [0.2, 0.25) is 0 Å². The molecule has 0 bridgehead atoms. The first-order valence-electron chi connectivity index (χ1n) is 7.39. The molecule has 1 fully saturated rings. The average molecular weight is 249 g/mol. The highest BCUT2D eigenvalue weighted by atomic mass is 15.2. The van der Waals surface area contributed by atoms with Crippen molar-refractivity contribution in [2.45, 2.75) is 52.2 Å². The van der Waals surface area contributed by atoms with Gasteiger partial charge in [-0.2, -0.15) is 0 Å². The van der Waals surface area contributed by atoms with E-state index in [2.05, 4.69) is 47.1 Å². The summed E-state index contributed by atoms with van der Waals surface area (Å²) in [4.78, 5) is 2.62. The van der Waals surface area contributed by atoms with Gasteiger partial charge in [0.05, 0.1) is 0 Å². The molecule has 0 aromatic carbocycles. The van der Waals surface area contributed by atoms with E-state index in [0.717, 1.165) is 19.6 Å². The third kappa shape index (κ3) is 3.85. The molecule has 2 rings (SSSR count). The molecular formula is C15H27N3. The molecule has 1 saturated heterocycles. The van der Waals surface area contributed by atoms with Gasteiger partial charge in [-0.25, -0.2) is 0 Å². The monoisotopic (exact) mass is 249 g/mol. The number of nitrogens with one attached hydrogen (secondary N) is 1. The summed E-state index contributed by atoms with van der Waals surface area (Å²) in [5.74, 6) is 0. The quantitative estimate of drug-likeness (QED) is 0.836. The van der Waals surface area contributed by atoms with E-state index in [1.54, 1.807) is 0 Å². The van der Waals surface area contributed by atoms with Gasteiger partial charge >= 0.3 is 0 Å². The van der Waals surface area contributed by atoms with Crippen molar-refractivity contribution in [1.29, 1.82) is 0 Å². The van der Waals surface area contributed by atoms with Crippen LogP contribution in [0.1, 0.15) is 38.7 Å². The molecule has 0 radical (unpaired) electrons. The highest BCUT2D eigenvalue weighted by Gasteiger charge is 2.15. The van der Waals surface area contributed by atoms with Gasteiger partial charge in [-0.15, -0.1) is 0 Å². The minimum atomic E-state index is 0.665. The van der Waals surface area contributed by atoms with Gasteiger partial charge in [0.2, 0.25) is 0 Å². The van der Waals surface area contributed by atoms with Crippen LogP contribution in [-0.2, 0) is 13.1 Å². The number of nitrogens with zero attached hydrogens (tertiary/aromatic N) is 2. The first-order valence-corrected chi connectivity index (χ1v) is 7.39. The zero-order valence-corrected chi connectivity index (χ0v) is 11.9. The molecular weight excluding hydrogens is 222 g/mol. The maximum absolute atomic E-state index is 3.58. The molecule has 102 valence electrons. The van der Waals surface area contributed by atoms with Gasteiger partial charge in [-0.05, 0) is 51.4 Å². The van der Waals surface area contributed by atoms with Crippen molar-refractivity contribution in [2.75, 3.05) is 19.6 Å². The number of rotatable bonds is 6. The molecule has 1 N–H and O–H groups in total. The average Bonchev–Trinajstić information content (AvgIpc) is 2.87. The Balaban J connectivity index is 1.67. The molecule has 0 aliphatic carbocycles. The Morgan fingerprint density at radius 1 is 1.28 bits per heavy atom. The van der Waals surface area contributed by atoms with Crippen LogP contribution in [0, 0.1) is 0 Å². The van der Waals surface area contributed by atoms with Crippen molar-refractivity contribution < 1.29 is 0 Å². The Morgan fingerprint density at radius 3 is 2.72 bits per heavy atom. The third-order valence-corrected chi connectivity index (χ3v) is 3.96. The molecule has 3 heteroatoms. The third-order valence-electron chi connectivity index (χ3n) is 3.96. The van der Waals surface area contributed by atoms with Crippen molar-refractivity contribution in [3.8, 4) is 0 Å². The van der Waals surface area contributed by atoms with E-state index in [1.807, 2.05) is 0 Å². The maximum Gasteiger partial charge on any atom is 0.0221 e. The van der Waals surface area contributed by atoms with Gasteiger partial charge in [0.25, 0.3) is 0 Å². The summed E-state index contributed by atoms with van der Waals surface area (Å²) in [5.41, 5.74) is 1.39. The topological polar surface area (TPSA) is 20.2 Å². The molecule has 1 atom stereocenters. The molecule has 0 amide bonds. The van der Waals surface area contributed by atoms with E-state index in [1.165, 1.54) is 37.9 Å². The predicted molar refractivity (Wildman–Crippen MR) is 76.7 cm³/mol. The molecule has 1 aromatic heterocycles. The summed E-state index contributed by atoms with van der Waals surface area (Å²) in [6.45, 7) is 10.2. The predicted octanol–water partition coefficient (Wildman–Crippen LogP) is 2.47. The summed E-state index contributed by atoms with van der Waals surface area (Å²) < 4.78 is 2.23. The SMILES string of the molecule is CCn1ccc(CNCC(C)N2CCCCC2)c1. The van der Waals surface area contributed by atoms with E-state index in [0.29, 0.717) is 6.04 Å². The maximum atomic E-state index is 3.58. The fourth-order valence-corrected chi connectivity index (χ4v) is 2.71. The second kappa shape index (κ2) is 6.95. The normalized spacial score (nSPS) is 19.0. The number of hydrogen-bond acceptors (Lipinski definition) is 2. The van der Waals surface area contributed by atoms with E-state index in [9.17, 15) is 0 Å². The second-order valence-corrected chi connectivity index (χ2v) is 5.43. The highest BCUT2D eigenvalue weighted by Crippen LogP contribution is 2.11. The van der Waals surface area contributed by atoms with Gasteiger partial charge in [-0.1, -0.05) is 6.42 Å². The fraction of sp³-hybridized carbons (Fsp3) is 0.733. The van der Waals surface area contributed by atoms with Crippen molar-refractivity contribution in [3.05, 3.63) is 24.0 Å². The molecule has 1 aromatic rings. The fourth-order valence-electron chi connectivity index (χ4n) is 2.71. The van der Waals surface area contributed by atoms with Gasteiger partial charge in [0.1, 0.15) is 0 Å². The van der Waals surface area contributed by atoms with Crippen molar-refractivity contribution >= 4 is 0 Å². The van der Waals surface area contributed by atoms with Gasteiger partial charge in [-0.3, -0.25) is 4.90 Å². The molecule has 1 aliphatic rings. The summed E-state index contributed by atoms with van der Waals surface area (Å²) >= 11 is 0. The molecule has 1 aliphatic heterocycles. The largest absolute Gasteiger partial charge is 0.354 e. The van der Waals surface area contributed by atoms with E-state index < -0.39 is 0 Å². The van der Waals surface area contributed by atoms with Crippen LogP contribution in [0.5, 0.6) is 0 Å². The molecule has 3 nitrogen and oxygen atoms in total. The van der Waals surface area contributed by atoms with Gasteiger partial charge in [0.15, 0.2) is 0 Å². The van der Waals surface area contributed by atoms with E-state index in [-0.39, 0.29) is 0 Å². The van der Waals surface area contributed by atoms with Crippen LogP contribution in [0.15, 0.2) is 18.5 Å². The van der Waals surface area contributed by atoms with Gasteiger partial charge < -0.3 is 9.88 Å². The smallest absolute Gasteiger partial charge is 0.0221 e. The van der Waals surface area contributed by atoms with E-state index in [4.69, 9.17) is 0 Å². The Morgan fingerprint density at radius 2 is 2.06 bits per heavy atom. The highest BCUT2D eigenvalue weighted by molar-refractivity contribution is 5.09. The minimum Gasteiger partial charge on any atom is -0.354 e. The zero-order chi connectivity index (χ0) is 12.8. The van der Waals surface area contributed by atoms with Crippen LogP contribution >= 0.6 is 0 Å². The van der Waals surface area contributed by atoms with Gasteiger partial charge in [0, 0.05) is 38.1 Å². The van der Waals surface area contributed by atoms with Crippen molar-refractivity contribution in [3.63, 3.8) is 0 Å². The number of aromatic nitrogens is 1. The molecule has 2 heterocycles. The lowest BCUT2D eigenvalue weighted by molar-refractivity contribution is 0.170. The van der Waals surface area contributed by atoms with Crippen LogP contribution < -0.4 is 5.32 Å². The molecule has 0 spiro atoms. The Bertz CT molecular complexity index is 339. The molecule has 18 heavy (non-hydrogen) atoms. The standard InChI is InChI=1S/C15H27N3/c1-3-17-10-7-15(13-17)12-16-11-14(2)18-8-5-4-6-9-18/h7,10,13-14,16H,3-6,8-9,11-12H2,1-2H3. The van der Waals surface area contributed by atoms with Crippen molar-refractivity contribution in [1.82, 2.24) is 14.8 Å². The lowest BCUT2D eigenvalue weighted by Crippen LogP contribution is -2.42. The minimum absolute atomic E-state index is 0.665. The lowest BCUT2D eigenvalue weighted by Gasteiger charge is -2.32. The zero-order valence-electron chi connectivity index (χ0n) is 11.9. The first kappa shape index (κ1) is 13.6. The Kier molecular flexibility index (Phi) is 5.26. The summed E-state index contributed by atoms with van der Waals surface area (Å²) in [5, 5.41) is 3.58. The van der Waals surface area contributed by atoms with Crippen molar-refractivity contribution in [2.24, 2.45) is 0 Å². The number of likely N-dealkylation sites (tertiary alicyclic amines) is 1. The summed E-state index contributed by atoms with van der Waals surface area (Å²) in [6.07, 6.45) is 8.57. The van der Waals surface area contributed by atoms with Crippen LogP contribution in [0.4, 0.5) is 0 Å². The van der Waals surface area contributed by atoms with Crippen LogP contribution in [-0.4, -0.2) is 35.1 Å². The molecule has 1 unspecified atom stereocenters. The number of piperidine rings is 1. The summed E-state index contributed by atoms with van der Waals surface area (Å²) in [7, 11) is 0. The first-order chi connectivity index (χ1) is 8.79.